The van der Waals surface area contributed by atoms with E-state index in [1.165, 1.54) is 19.3 Å². The lowest BCUT2D eigenvalue weighted by Crippen LogP contribution is -2.29. The molecule has 57 heavy (non-hydrogen) atoms. The minimum absolute atomic E-state index is 0.00788. The smallest absolute Gasteiger partial charge is 0.462 e. The summed E-state index contributed by atoms with van der Waals surface area (Å²) in [6, 6.07) is 0. The summed E-state index contributed by atoms with van der Waals surface area (Å²) < 4.78 is 32.6. The van der Waals surface area contributed by atoms with Gasteiger partial charge in [-0.05, 0) is 64.2 Å². The number of nitrogens with two attached hydrogens (primary N) is 1. The van der Waals surface area contributed by atoms with E-state index >= 15 is 0 Å². The molecule has 1 unspecified atom stereocenters. The highest BCUT2D eigenvalue weighted by atomic mass is 31.2. The standard InChI is InChI=1S/C43H74NO12P/c1-3-5-7-8-9-10-11-12-13-14-15-16-17-18-20-26-43(50)56-37(34-55-57(51,52)54-30-29-44)33-53-42(49)25-22-21-24-36(46)31-39-38(40(47)32-41(39)48)28-27-35(45)23-19-6-4-2/h9-10,12-13,15-16,27-28,35,37-41,45,47-48H,3-8,11,14,17-26,29-34,44H2,1-2H3,(H,51,52)/b10-9-,13-12-,16-15-,28-27+/t35-,37+,38+,39+,40+,41-/m0/s1. The lowest BCUT2D eigenvalue weighted by Gasteiger charge is -2.20. The van der Waals surface area contributed by atoms with Gasteiger partial charge in [0.15, 0.2) is 6.10 Å². The van der Waals surface area contributed by atoms with E-state index in [2.05, 4.69) is 50.3 Å². The second kappa shape index (κ2) is 33.4. The number of ether oxygens (including phenoxy) is 2. The summed E-state index contributed by atoms with van der Waals surface area (Å²) in [5.74, 6) is -2.16. The second-order valence-electron chi connectivity index (χ2n) is 14.8. The molecule has 7 atom stereocenters. The van der Waals surface area contributed by atoms with E-state index < -0.39 is 69.2 Å². The Labute approximate surface area is 341 Å². The fourth-order valence-electron chi connectivity index (χ4n) is 6.40. The van der Waals surface area contributed by atoms with Gasteiger partial charge in [-0.25, -0.2) is 4.57 Å². The highest BCUT2D eigenvalue weighted by Crippen LogP contribution is 2.43. The van der Waals surface area contributed by atoms with Crippen molar-refractivity contribution < 1.29 is 57.7 Å². The maximum absolute atomic E-state index is 12.8. The molecule has 14 heteroatoms. The van der Waals surface area contributed by atoms with Gasteiger partial charge >= 0.3 is 19.8 Å². The van der Waals surface area contributed by atoms with Crippen molar-refractivity contribution in [1.29, 1.82) is 0 Å². The number of unbranched alkanes of at least 4 members (excludes halogenated alkanes) is 8. The Balaban J connectivity index is 2.47. The summed E-state index contributed by atoms with van der Waals surface area (Å²) in [4.78, 5) is 47.8. The molecule has 1 aliphatic rings. The summed E-state index contributed by atoms with van der Waals surface area (Å²) in [7, 11) is -4.48. The van der Waals surface area contributed by atoms with Crippen molar-refractivity contribution >= 4 is 25.5 Å². The Morgan fingerprint density at radius 1 is 0.772 bits per heavy atom. The van der Waals surface area contributed by atoms with Gasteiger partial charge < -0.3 is 35.4 Å². The van der Waals surface area contributed by atoms with Gasteiger partial charge in [0, 0.05) is 50.5 Å². The number of carbonyl (C=O) groups is 3. The minimum atomic E-state index is -4.48. The number of ketones is 1. The summed E-state index contributed by atoms with van der Waals surface area (Å²) in [6.45, 7) is 3.10. The Morgan fingerprint density at radius 3 is 2.04 bits per heavy atom. The zero-order chi connectivity index (χ0) is 42.2. The topological polar surface area (TPSA) is 212 Å². The molecule has 13 nitrogen and oxygen atoms in total. The predicted octanol–water partition coefficient (Wildman–Crippen LogP) is 7.50. The number of phosphoric acid groups is 1. The maximum Gasteiger partial charge on any atom is 0.472 e. The van der Waals surface area contributed by atoms with Crippen LogP contribution in [0.5, 0.6) is 0 Å². The quantitative estimate of drug-likeness (QED) is 0.0182. The monoisotopic (exact) mass is 827 g/mol. The van der Waals surface area contributed by atoms with Crippen molar-refractivity contribution in [3.63, 3.8) is 0 Å². The van der Waals surface area contributed by atoms with Crippen LogP contribution in [0.15, 0.2) is 48.6 Å². The SMILES string of the molecule is CCCCC/C=C\C/C=C\C/C=C\CCCCC(=O)O[C@H](COC(=O)CCCCC(=O)C[C@@H]1[C@@H](/C=C/[C@@H](O)CCCCC)[C@H](O)C[C@@H]1O)COP(=O)(O)OCCN. The van der Waals surface area contributed by atoms with Crippen LogP contribution >= 0.6 is 7.82 Å². The summed E-state index contributed by atoms with van der Waals surface area (Å²) >= 11 is 0. The predicted molar refractivity (Wildman–Crippen MR) is 222 cm³/mol. The molecule has 1 saturated carbocycles. The molecule has 1 fully saturated rings. The molecule has 1 rings (SSSR count). The first kappa shape index (κ1) is 52.5. The molecule has 1 aliphatic carbocycles. The zero-order valence-corrected chi connectivity index (χ0v) is 35.5. The van der Waals surface area contributed by atoms with Crippen LogP contribution in [0.4, 0.5) is 0 Å². The van der Waals surface area contributed by atoms with Crippen molar-refractivity contribution in [2.24, 2.45) is 17.6 Å². The third-order valence-corrected chi connectivity index (χ3v) is 10.7. The highest BCUT2D eigenvalue weighted by molar-refractivity contribution is 7.47. The van der Waals surface area contributed by atoms with E-state index in [1.54, 1.807) is 12.2 Å². The van der Waals surface area contributed by atoms with Crippen LogP contribution in [-0.2, 0) is 37.5 Å². The van der Waals surface area contributed by atoms with Gasteiger partial charge in [0.2, 0.25) is 0 Å². The molecule has 0 saturated heterocycles. The van der Waals surface area contributed by atoms with E-state index in [9.17, 15) is 39.2 Å². The molecule has 0 aromatic rings. The number of allylic oxidation sites excluding steroid dienone is 6. The molecule has 328 valence electrons. The number of aliphatic hydroxyl groups is 3. The Kier molecular flexibility index (Phi) is 30.8. The lowest BCUT2D eigenvalue weighted by molar-refractivity contribution is -0.161. The van der Waals surface area contributed by atoms with Crippen molar-refractivity contribution in [2.75, 3.05) is 26.4 Å². The number of rotatable bonds is 35. The molecule has 0 radical (unpaired) electrons. The van der Waals surface area contributed by atoms with Crippen LogP contribution in [0, 0.1) is 11.8 Å². The van der Waals surface area contributed by atoms with Gasteiger partial charge in [-0.1, -0.05) is 94.6 Å². The van der Waals surface area contributed by atoms with Crippen molar-refractivity contribution in [3.05, 3.63) is 48.6 Å². The lowest BCUT2D eigenvalue weighted by atomic mass is 9.87. The van der Waals surface area contributed by atoms with E-state index in [4.69, 9.17) is 24.3 Å². The number of esters is 2. The van der Waals surface area contributed by atoms with E-state index in [0.717, 1.165) is 51.4 Å². The molecule has 0 amide bonds. The van der Waals surface area contributed by atoms with Gasteiger partial charge in [0.1, 0.15) is 12.4 Å². The van der Waals surface area contributed by atoms with Gasteiger partial charge in [-0.15, -0.1) is 0 Å². The molecule has 0 spiro atoms. The summed E-state index contributed by atoms with van der Waals surface area (Å²) in [5, 5.41) is 31.2. The first-order valence-electron chi connectivity index (χ1n) is 21.3. The largest absolute Gasteiger partial charge is 0.472 e. The number of carbonyl (C=O) groups excluding carboxylic acids is 3. The van der Waals surface area contributed by atoms with Crippen LogP contribution in [-0.4, -0.2) is 88.7 Å². The summed E-state index contributed by atoms with van der Waals surface area (Å²) in [5.41, 5.74) is 5.33. The van der Waals surface area contributed by atoms with Crippen LogP contribution in [0.3, 0.4) is 0 Å². The second-order valence-corrected chi connectivity index (χ2v) is 16.3. The number of hydrogen-bond acceptors (Lipinski definition) is 12. The number of phosphoric ester groups is 1. The van der Waals surface area contributed by atoms with E-state index in [1.807, 2.05) is 0 Å². The van der Waals surface area contributed by atoms with Crippen LogP contribution in [0.25, 0.3) is 0 Å². The van der Waals surface area contributed by atoms with Crippen LogP contribution in [0.2, 0.25) is 0 Å². The molecular formula is C43H74NO12P. The van der Waals surface area contributed by atoms with Gasteiger partial charge in [0.25, 0.3) is 0 Å². The normalized spacial score (nSPS) is 20.8. The first-order valence-corrected chi connectivity index (χ1v) is 22.8. The molecular weight excluding hydrogens is 753 g/mol. The molecule has 0 aromatic heterocycles. The minimum Gasteiger partial charge on any atom is -0.462 e. The number of Topliss-reactive ketones (excluding diaryl/α,β-unsaturated/α-hetero) is 1. The van der Waals surface area contributed by atoms with Crippen molar-refractivity contribution in [1.82, 2.24) is 0 Å². The Bertz CT molecular complexity index is 1250. The molecule has 0 aromatic carbocycles. The Morgan fingerprint density at radius 2 is 1.37 bits per heavy atom. The maximum atomic E-state index is 12.8. The third-order valence-electron chi connectivity index (χ3n) is 9.67. The third kappa shape index (κ3) is 27.8. The summed E-state index contributed by atoms with van der Waals surface area (Å²) in [6.07, 6.45) is 26.4. The van der Waals surface area contributed by atoms with Gasteiger partial charge in [-0.2, -0.15) is 0 Å². The highest BCUT2D eigenvalue weighted by Gasteiger charge is 2.41. The number of aliphatic hydroxyl groups excluding tert-OH is 3. The van der Waals surface area contributed by atoms with Crippen LogP contribution < -0.4 is 5.73 Å². The van der Waals surface area contributed by atoms with E-state index in [0.29, 0.717) is 25.7 Å². The molecule has 0 aliphatic heterocycles. The first-order chi connectivity index (χ1) is 27.4. The fourth-order valence-corrected chi connectivity index (χ4v) is 7.17. The molecule has 6 N–H and O–H groups in total. The molecule has 0 bridgehead atoms. The number of hydrogen-bond donors (Lipinski definition) is 5. The van der Waals surface area contributed by atoms with Gasteiger partial charge in [-0.3, -0.25) is 23.4 Å². The van der Waals surface area contributed by atoms with Crippen LogP contribution in [0.1, 0.15) is 142 Å². The Hall–Kier alpha value is -2.48. The van der Waals surface area contributed by atoms with Gasteiger partial charge in [0.05, 0.1) is 31.5 Å². The average molecular weight is 828 g/mol. The molecule has 0 heterocycles. The fraction of sp³-hybridized carbons (Fsp3) is 0.744. The van der Waals surface area contributed by atoms with E-state index in [-0.39, 0.29) is 51.0 Å². The zero-order valence-electron chi connectivity index (χ0n) is 34.6. The van der Waals surface area contributed by atoms with Crippen molar-refractivity contribution in [3.8, 4) is 0 Å². The van der Waals surface area contributed by atoms with Crippen molar-refractivity contribution in [2.45, 2.75) is 167 Å². The average Bonchev–Trinajstić information content (AvgIpc) is 3.44.